The van der Waals surface area contributed by atoms with E-state index in [1.807, 2.05) is 0 Å². The Morgan fingerprint density at radius 2 is 1.63 bits per heavy atom. The molecule has 1 rings (SSSR count). The van der Waals surface area contributed by atoms with Crippen molar-refractivity contribution in [1.29, 1.82) is 0 Å². The van der Waals surface area contributed by atoms with Crippen LogP contribution in [-0.2, 0) is 10.2 Å². The highest BCUT2D eigenvalue weighted by Gasteiger charge is 2.31. The fraction of sp³-hybridized carbons (Fsp3) is 0.714. The van der Waals surface area contributed by atoms with Gasteiger partial charge < -0.3 is 10.5 Å². The van der Waals surface area contributed by atoms with Crippen LogP contribution in [0.5, 0.6) is 0 Å². The van der Waals surface area contributed by atoms with Crippen molar-refractivity contribution in [3.8, 4) is 0 Å². The Bertz CT molecular complexity index is 461. The summed E-state index contributed by atoms with van der Waals surface area (Å²) in [6.45, 7) is 12.6. The Morgan fingerprint density at radius 3 is 2.00 bits per heavy atom. The van der Waals surface area contributed by atoms with Gasteiger partial charge in [-0.25, -0.2) is 9.97 Å². The van der Waals surface area contributed by atoms with Crippen LogP contribution in [0.4, 0.5) is 5.82 Å². The van der Waals surface area contributed by atoms with Gasteiger partial charge >= 0.3 is 0 Å². The number of anilines is 1. The van der Waals surface area contributed by atoms with Gasteiger partial charge in [0, 0.05) is 12.5 Å². The smallest absolute Gasteiger partial charge is 0.160 e. The molecular formula is C14H24BrN3O. The maximum Gasteiger partial charge on any atom is 0.160 e. The van der Waals surface area contributed by atoms with E-state index in [1.54, 1.807) is 7.11 Å². The highest BCUT2D eigenvalue weighted by atomic mass is 79.9. The van der Waals surface area contributed by atoms with E-state index < -0.39 is 0 Å². The molecule has 0 bridgehead atoms. The molecule has 2 N–H and O–H groups in total. The van der Waals surface area contributed by atoms with Crippen LogP contribution in [0.1, 0.15) is 59.2 Å². The second kappa shape index (κ2) is 5.37. The van der Waals surface area contributed by atoms with E-state index in [2.05, 4.69) is 67.4 Å². The summed E-state index contributed by atoms with van der Waals surface area (Å²) in [4.78, 5) is 9.06. The van der Waals surface area contributed by atoms with Crippen LogP contribution in [-0.4, -0.2) is 17.1 Å². The van der Waals surface area contributed by atoms with E-state index >= 15 is 0 Å². The Balaban J connectivity index is 3.43. The average Bonchev–Trinajstić information content (AvgIpc) is 2.20. The number of rotatable bonds is 2. The number of methoxy groups -OCH3 is 1. The molecule has 1 aromatic heterocycles. The summed E-state index contributed by atoms with van der Waals surface area (Å²) in [6, 6.07) is 0. The molecule has 0 saturated heterocycles. The third-order valence-electron chi connectivity index (χ3n) is 2.86. The van der Waals surface area contributed by atoms with Crippen LogP contribution in [0.25, 0.3) is 0 Å². The first kappa shape index (κ1) is 16.4. The monoisotopic (exact) mass is 329 g/mol. The molecule has 1 aromatic rings. The molecular weight excluding hydrogens is 306 g/mol. The molecule has 19 heavy (non-hydrogen) atoms. The molecule has 0 aliphatic rings. The molecule has 0 saturated carbocycles. The molecule has 0 fully saturated rings. The summed E-state index contributed by atoms with van der Waals surface area (Å²) >= 11 is 3.48. The first-order chi connectivity index (χ1) is 8.48. The second-order valence-corrected chi connectivity index (χ2v) is 7.65. The number of hydrogen-bond donors (Lipinski definition) is 1. The Morgan fingerprint density at radius 1 is 1.11 bits per heavy atom. The van der Waals surface area contributed by atoms with Gasteiger partial charge in [0.2, 0.25) is 0 Å². The summed E-state index contributed by atoms with van der Waals surface area (Å²) in [5.41, 5.74) is 6.70. The van der Waals surface area contributed by atoms with E-state index in [0.717, 1.165) is 10.2 Å². The maximum atomic E-state index is 6.00. The Hall–Kier alpha value is -0.680. The van der Waals surface area contributed by atoms with Gasteiger partial charge in [-0.2, -0.15) is 0 Å². The van der Waals surface area contributed by atoms with Crippen molar-refractivity contribution in [2.75, 3.05) is 12.8 Å². The van der Waals surface area contributed by atoms with E-state index in [0.29, 0.717) is 11.6 Å². The van der Waals surface area contributed by atoms with Crippen molar-refractivity contribution in [2.45, 2.75) is 53.1 Å². The SMILES string of the molecule is COC(c1nc(N)c(Br)c(C(C)(C)C)n1)C(C)(C)C. The van der Waals surface area contributed by atoms with Crippen molar-refractivity contribution < 1.29 is 4.74 Å². The third kappa shape index (κ3) is 3.66. The lowest BCUT2D eigenvalue weighted by Gasteiger charge is -2.30. The first-order valence-corrected chi connectivity index (χ1v) is 7.14. The maximum absolute atomic E-state index is 6.00. The molecule has 0 aromatic carbocycles. The largest absolute Gasteiger partial charge is 0.383 e. The first-order valence-electron chi connectivity index (χ1n) is 6.34. The Labute approximate surface area is 124 Å². The molecule has 1 heterocycles. The third-order valence-corrected chi connectivity index (χ3v) is 3.64. The second-order valence-electron chi connectivity index (χ2n) is 6.86. The molecule has 5 heteroatoms. The number of ether oxygens (including phenoxy) is 1. The number of nitrogens with two attached hydrogens (primary N) is 1. The van der Waals surface area contributed by atoms with Crippen LogP contribution < -0.4 is 5.73 Å². The number of halogens is 1. The van der Waals surface area contributed by atoms with Crippen LogP contribution >= 0.6 is 15.9 Å². The topological polar surface area (TPSA) is 61.0 Å². The van der Waals surface area contributed by atoms with Gasteiger partial charge in [-0.15, -0.1) is 0 Å². The zero-order valence-electron chi connectivity index (χ0n) is 12.8. The van der Waals surface area contributed by atoms with Crippen molar-refractivity contribution in [2.24, 2.45) is 5.41 Å². The summed E-state index contributed by atoms with van der Waals surface area (Å²) < 4.78 is 6.34. The molecule has 0 aliphatic carbocycles. The highest BCUT2D eigenvalue weighted by Crippen LogP contribution is 2.37. The van der Waals surface area contributed by atoms with Gasteiger partial charge in [0.25, 0.3) is 0 Å². The molecule has 4 nitrogen and oxygen atoms in total. The minimum atomic E-state index is -0.191. The predicted molar refractivity (Wildman–Crippen MR) is 82.0 cm³/mol. The number of aromatic nitrogens is 2. The van der Waals surface area contributed by atoms with Crippen molar-refractivity contribution in [3.63, 3.8) is 0 Å². The summed E-state index contributed by atoms with van der Waals surface area (Å²) in [7, 11) is 1.67. The minimum absolute atomic E-state index is 0.0931. The molecule has 0 radical (unpaired) electrons. The highest BCUT2D eigenvalue weighted by molar-refractivity contribution is 9.10. The molecule has 108 valence electrons. The van der Waals surface area contributed by atoms with Gasteiger partial charge in [0.05, 0.1) is 10.2 Å². The van der Waals surface area contributed by atoms with Crippen molar-refractivity contribution in [3.05, 3.63) is 16.0 Å². The van der Waals surface area contributed by atoms with E-state index in [1.165, 1.54) is 0 Å². The lowest BCUT2D eigenvalue weighted by molar-refractivity contribution is 0.00846. The van der Waals surface area contributed by atoms with Crippen molar-refractivity contribution >= 4 is 21.7 Å². The van der Waals surface area contributed by atoms with Crippen LogP contribution in [0, 0.1) is 5.41 Å². The van der Waals surface area contributed by atoms with Gasteiger partial charge in [0.15, 0.2) is 5.82 Å². The summed E-state index contributed by atoms with van der Waals surface area (Å²) in [6.07, 6.45) is -0.191. The molecule has 0 spiro atoms. The normalized spacial score (nSPS) is 14.5. The lowest BCUT2D eigenvalue weighted by Crippen LogP contribution is -2.25. The fourth-order valence-electron chi connectivity index (χ4n) is 1.94. The average molecular weight is 330 g/mol. The van der Waals surface area contributed by atoms with E-state index in [9.17, 15) is 0 Å². The van der Waals surface area contributed by atoms with Gasteiger partial charge in [-0.3, -0.25) is 0 Å². The van der Waals surface area contributed by atoms with E-state index in [-0.39, 0.29) is 16.9 Å². The quantitative estimate of drug-likeness (QED) is 0.895. The number of nitrogen functional groups attached to an aromatic ring is 1. The Kier molecular flexibility index (Phi) is 4.62. The summed E-state index contributed by atoms with van der Waals surface area (Å²) in [5, 5.41) is 0. The molecule has 1 unspecified atom stereocenters. The van der Waals surface area contributed by atoms with Crippen LogP contribution in [0.3, 0.4) is 0 Å². The zero-order valence-corrected chi connectivity index (χ0v) is 14.4. The standard InChI is InChI=1S/C14H24BrN3O/c1-13(2,3)9-8(15)11(16)18-12(17-9)10(19-7)14(4,5)6/h10H,1-7H3,(H2,16,17,18). The van der Waals surface area contributed by atoms with E-state index in [4.69, 9.17) is 10.5 Å². The predicted octanol–water partition coefficient (Wildman–Crippen LogP) is 3.85. The van der Waals surface area contributed by atoms with Gasteiger partial charge in [-0.05, 0) is 21.3 Å². The molecule has 1 atom stereocenters. The molecule has 0 aliphatic heterocycles. The van der Waals surface area contributed by atoms with Crippen LogP contribution in [0.15, 0.2) is 4.47 Å². The zero-order chi connectivity index (χ0) is 15.0. The van der Waals surface area contributed by atoms with Gasteiger partial charge in [0.1, 0.15) is 11.9 Å². The lowest BCUT2D eigenvalue weighted by atomic mass is 9.87. The van der Waals surface area contributed by atoms with Gasteiger partial charge in [-0.1, -0.05) is 41.5 Å². The number of hydrogen-bond acceptors (Lipinski definition) is 4. The fourth-order valence-corrected chi connectivity index (χ4v) is 2.71. The minimum Gasteiger partial charge on any atom is -0.383 e. The van der Waals surface area contributed by atoms with Crippen LogP contribution in [0.2, 0.25) is 0 Å². The van der Waals surface area contributed by atoms with Crippen molar-refractivity contribution in [1.82, 2.24) is 9.97 Å². The molecule has 0 amide bonds. The summed E-state index contributed by atoms with van der Waals surface area (Å²) in [5.74, 6) is 1.10. The number of nitrogens with zero attached hydrogens (tertiary/aromatic N) is 2.